The fourth-order valence-electron chi connectivity index (χ4n) is 2.58. The summed E-state index contributed by atoms with van der Waals surface area (Å²) in [5.74, 6) is 0.242. The molecule has 1 heterocycles. The lowest BCUT2D eigenvalue weighted by atomic mass is 10.1. The van der Waals surface area contributed by atoms with E-state index in [1.165, 1.54) is 12.3 Å². The largest absolute Gasteiger partial charge is 0.497 e. The van der Waals surface area contributed by atoms with E-state index >= 15 is 0 Å². The second kappa shape index (κ2) is 8.80. The number of amides is 1. The summed E-state index contributed by atoms with van der Waals surface area (Å²) in [6, 6.07) is 15.5. The molecule has 0 aliphatic heterocycles. The molecule has 0 aliphatic carbocycles. The third-order valence-corrected chi connectivity index (χ3v) is 4.03. The third kappa shape index (κ3) is 5.04. The van der Waals surface area contributed by atoms with E-state index in [-0.39, 0.29) is 11.7 Å². The fourth-order valence-corrected chi connectivity index (χ4v) is 2.58. The van der Waals surface area contributed by atoms with Crippen molar-refractivity contribution in [1.29, 1.82) is 0 Å². The van der Waals surface area contributed by atoms with Crippen LogP contribution in [0.25, 0.3) is 0 Å². The zero-order chi connectivity index (χ0) is 19.1. The number of carbonyl (C=O) groups is 1. The highest BCUT2D eigenvalue weighted by atomic mass is 19.1. The monoisotopic (exact) mass is 365 g/mol. The summed E-state index contributed by atoms with van der Waals surface area (Å²) in [7, 11) is 1.59. The first kappa shape index (κ1) is 18.4. The second-order valence-electron chi connectivity index (χ2n) is 5.91. The van der Waals surface area contributed by atoms with E-state index in [1.54, 1.807) is 55.8 Å². The zero-order valence-electron chi connectivity index (χ0n) is 14.9. The molecule has 3 rings (SSSR count). The van der Waals surface area contributed by atoms with E-state index in [9.17, 15) is 9.18 Å². The van der Waals surface area contributed by atoms with Gasteiger partial charge in [-0.1, -0.05) is 18.2 Å². The normalized spacial score (nSPS) is 10.3. The first-order valence-electron chi connectivity index (χ1n) is 8.53. The van der Waals surface area contributed by atoms with Crippen LogP contribution in [0, 0.1) is 5.82 Å². The van der Waals surface area contributed by atoms with Crippen LogP contribution in [0.1, 0.15) is 15.9 Å². The van der Waals surface area contributed by atoms with Crippen LogP contribution >= 0.6 is 0 Å². The predicted molar refractivity (Wildman–Crippen MR) is 104 cm³/mol. The highest BCUT2D eigenvalue weighted by Gasteiger charge is 2.08. The van der Waals surface area contributed by atoms with Crippen molar-refractivity contribution < 1.29 is 13.9 Å². The Kier molecular flexibility index (Phi) is 5.99. The number of rotatable bonds is 7. The van der Waals surface area contributed by atoms with E-state index in [4.69, 9.17) is 4.74 Å². The fraction of sp³-hybridized carbons (Fsp3) is 0.143. The van der Waals surface area contributed by atoms with Crippen molar-refractivity contribution in [2.75, 3.05) is 24.3 Å². The quantitative estimate of drug-likeness (QED) is 0.661. The zero-order valence-corrected chi connectivity index (χ0v) is 14.9. The average Bonchev–Trinajstić information content (AvgIpc) is 2.70. The summed E-state index contributed by atoms with van der Waals surface area (Å²) in [5, 5.41) is 5.98. The third-order valence-electron chi connectivity index (χ3n) is 4.03. The summed E-state index contributed by atoms with van der Waals surface area (Å²) in [5.41, 5.74) is 2.44. The minimum atomic E-state index is -0.259. The summed E-state index contributed by atoms with van der Waals surface area (Å²) < 4.78 is 18.7. The summed E-state index contributed by atoms with van der Waals surface area (Å²) in [4.78, 5) is 16.5. The number of nitrogens with zero attached hydrogens (tertiary/aromatic N) is 1. The standard InChI is InChI=1S/C21H20FN3O2/c1-27-19-8-6-17(7-9-19)25-21(26)16-12-18(14-23-13-16)24-11-10-15-4-2-3-5-20(15)22/h2-9,12-14,24H,10-11H2,1H3,(H,25,26). The number of carbonyl (C=O) groups excluding carboxylic acids is 1. The number of aromatic nitrogens is 1. The lowest BCUT2D eigenvalue weighted by Gasteiger charge is -2.09. The maximum absolute atomic E-state index is 13.6. The second-order valence-corrected chi connectivity index (χ2v) is 5.91. The topological polar surface area (TPSA) is 63.2 Å². The van der Waals surface area contributed by atoms with E-state index in [0.29, 0.717) is 35.5 Å². The van der Waals surface area contributed by atoms with Crippen LogP contribution in [-0.4, -0.2) is 24.5 Å². The number of halogens is 1. The first-order chi connectivity index (χ1) is 13.2. The number of hydrogen-bond acceptors (Lipinski definition) is 4. The van der Waals surface area contributed by atoms with E-state index in [2.05, 4.69) is 15.6 Å². The molecule has 0 radical (unpaired) electrons. The molecule has 0 aliphatic rings. The summed E-state index contributed by atoms with van der Waals surface area (Å²) in [6.07, 6.45) is 3.67. The molecule has 27 heavy (non-hydrogen) atoms. The van der Waals surface area contributed by atoms with Crippen LogP contribution in [0.3, 0.4) is 0 Å². The summed E-state index contributed by atoms with van der Waals surface area (Å²) in [6.45, 7) is 0.534. The van der Waals surface area contributed by atoms with Crippen molar-refractivity contribution in [3.63, 3.8) is 0 Å². The van der Waals surface area contributed by atoms with Gasteiger partial charge in [0, 0.05) is 24.6 Å². The van der Waals surface area contributed by atoms with Crippen LogP contribution in [0.5, 0.6) is 5.75 Å². The Morgan fingerprint density at radius 3 is 2.59 bits per heavy atom. The van der Waals surface area contributed by atoms with Gasteiger partial charge in [-0.3, -0.25) is 9.78 Å². The molecule has 0 saturated carbocycles. The minimum absolute atomic E-state index is 0.218. The number of methoxy groups -OCH3 is 1. The highest BCUT2D eigenvalue weighted by Crippen LogP contribution is 2.17. The maximum Gasteiger partial charge on any atom is 0.257 e. The molecule has 138 valence electrons. The van der Waals surface area contributed by atoms with Gasteiger partial charge in [0.2, 0.25) is 0 Å². The number of ether oxygens (including phenoxy) is 1. The highest BCUT2D eigenvalue weighted by molar-refractivity contribution is 6.04. The molecule has 0 unspecified atom stereocenters. The van der Waals surface area contributed by atoms with Gasteiger partial charge in [0.05, 0.1) is 18.4 Å². The van der Waals surface area contributed by atoms with Crippen LogP contribution in [0.2, 0.25) is 0 Å². The molecule has 5 nitrogen and oxygen atoms in total. The first-order valence-corrected chi connectivity index (χ1v) is 8.53. The molecule has 1 amide bonds. The molecule has 6 heteroatoms. The molecule has 3 aromatic rings. The average molecular weight is 365 g/mol. The number of anilines is 2. The van der Waals surface area contributed by atoms with Crippen LogP contribution in [0.15, 0.2) is 67.0 Å². The molecular weight excluding hydrogens is 345 g/mol. The van der Waals surface area contributed by atoms with Crippen LogP contribution in [0.4, 0.5) is 15.8 Å². The Labute approximate surface area is 157 Å². The summed E-state index contributed by atoms with van der Waals surface area (Å²) >= 11 is 0. The molecule has 0 saturated heterocycles. The van der Waals surface area contributed by atoms with Crippen LogP contribution < -0.4 is 15.4 Å². The minimum Gasteiger partial charge on any atom is -0.497 e. The molecule has 0 fully saturated rings. The molecule has 0 atom stereocenters. The number of pyridine rings is 1. The Morgan fingerprint density at radius 2 is 1.85 bits per heavy atom. The van der Waals surface area contributed by atoms with Crippen molar-refractivity contribution in [3.05, 3.63) is 83.9 Å². The Morgan fingerprint density at radius 1 is 1.07 bits per heavy atom. The molecule has 0 bridgehead atoms. The number of hydrogen-bond donors (Lipinski definition) is 2. The lowest BCUT2D eigenvalue weighted by Crippen LogP contribution is -2.13. The molecule has 1 aromatic heterocycles. The van der Waals surface area contributed by atoms with Gasteiger partial charge < -0.3 is 15.4 Å². The maximum atomic E-state index is 13.6. The SMILES string of the molecule is COc1ccc(NC(=O)c2cncc(NCCc3ccccc3F)c2)cc1. The molecule has 2 N–H and O–H groups in total. The van der Waals surface area contributed by atoms with Crippen molar-refractivity contribution in [2.24, 2.45) is 0 Å². The Balaban J connectivity index is 1.59. The van der Waals surface area contributed by atoms with Gasteiger partial charge in [-0.25, -0.2) is 4.39 Å². The number of benzene rings is 2. The van der Waals surface area contributed by atoms with Gasteiger partial charge in [-0.2, -0.15) is 0 Å². The lowest BCUT2D eigenvalue weighted by molar-refractivity contribution is 0.102. The van der Waals surface area contributed by atoms with Gasteiger partial charge in [0.15, 0.2) is 0 Å². The Hall–Kier alpha value is -3.41. The van der Waals surface area contributed by atoms with Crippen molar-refractivity contribution in [1.82, 2.24) is 4.98 Å². The van der Waals surface area contributed by atoms with Crippen molar-refractivity contribution >= 4 is 17.3 Å². The van der Waals surface area contributed by atoms with E-state index < -0.39 is 0 Å². The van der Waals surface area contributed by atoms with Crippen molar-refractivity contribution in [2.45, 2.75) is 6.42 Å². The smallest absolute Gasteiger partial charge is 0.257 e. The number of nitrogens with one attached hydrogen (secondary N) is 2. The molecule has 2 aromatic carbocycles. The van der Waals surface area contributed by atoms with Crippen molar-refractivity contribution in [3.8, 4) is 5.75 Å². The van der Waals surface area contributed by atoms with Gasteiger partial charge in [-0.05, 0) is 48.4 Å². The van der Waals surface area contributed by atoms with Crippen LogP contribution in [-0.2, 0) is 6.42 Å². The predicted octanol–water partition coefficient (Wildman–Crippen LogP) is 4.14. The van der Waals surface area contributed by atoms with Gasteiger partial charge >= 0.3 is 0 Å². The molecular formula is C21H20FN3O2. The molecule has 0 spiro atoms. The van der Waals surface area contributed by atoms with Gasteiger partial charge in [-0.15, -0.1) is 0 Å². The van der Waals surface area contributed by atoms with Gasteiger partial charge in [0.25, 0.3) is 5.91 Å². The van der Waals surface area contributed by atoms with E-state index in [1.807, 2.05) is 6.07 Å². The Bertz CT molecular complexity index is 913. The van der Waals surface area contributed by atoms with Gasteiger partial charge in [0.1, 0.15) is 11.6 Å². The van der Waals surface area contributed by atoms with E-state index in [0.717, 1.165) is 5.75 Å².